The van der Waals surface area contributed by atoms with Gasteiger partial charge in [-0.15, -0.1) is 0 Å². The van der Waals surface area contributed by atoms with E-state index in [9.17, 15) is 8.42 Å². The van der Waals surface area contributed by atoms with Crippen LogP contribution in [0.15, 0.2) is 17.3 Å². The van der Waals surface area contributed by atoms with Gasteiger partial charge >= 0.3 is 0 Å². The van der Waals surface area contributed by atoms with Crippen molar-refractivity contribution < 1.29 is 13.2 Å². The highest BCUT2D eigenvalue weighted by Crippen LogP contribution is 2.20. The van der Waals surface area contributed by atoms with Gasteiger partial charge in [-0.1, -0.05) is 12.8 Å². The molecule has 0 bridgehead atoms. The van der Waals surface area contributed by atoms with Gasteiger partial charge in [-0.2, -0.15) is 0 Å². The molecular weight excluding hydrogens is 292 g/mol. The third-order valence-corrected chi connectivity index (χ3v) is 4.74. The maximum atomic E-state index is 12.0. The zero-order valence-electron chi connectivity index (χ0n) is 12.2. The monoisotopic (exact) mass is 314 g/mol. The van der Waals surface area contributed by atoms with Crippen molar-refractivity contribution in [2.75, 3.05) is 25.0 Å². The maximum Gasteiger partial charge on any atom is 0.243 e. The Balaban J connectivity index is 1.80. The lowest BCUT2D eigenvalue weighted by molar-refractivity contribution is 0.0626. The van der Waals surface area contributed by atoms with Gasteiger partial charge in [-0.25, -0.2) is 23.1 Å². The van der Waals surface area contributed by atoms with Crippen molar-refractivity contribution in [3.05, 3.63) is 12.4 Å². The minimum Gasteiger partial charge on any atom is -0.377 e. The lowest BCUT2D eigenvalue weighted by Crippen LogP contribution is -2.28. The van der Waals surface area contributed by atoms with Crippen LogP contribution in [0, 0.1) is 0 Å². The Kier molecular flexibility index (Phi) is 5.89. The number of hydrogen-bond donors (Lipinski definition) is 2. The molecule has 1 saturated carbocycles. The fourth-order valence-electron chi connectivity index (χ4n) is 2.24. The fraction of sp³-hybridized carbons (Fsp3) is 0.692. The lowest BCUT2D eigenvalue weighted by atomic mass is 10.3. The van der Waals surface area contributed by atoms with Gasteiger partial charge < -0.3 is 10.1 Å². The summed E-state index contributed by atoms with van der Waals surface area (Å²) in [6.45, 7) is 3.25. The third kappa shape index (κ3) is 4.90. The minimum atomic E-state index is -3.57. The number of nitrogens with zero attached hydrogens (tertiary/aromatic N) is 2. The summed E-state index contributed by atoms with van der Waals surface area (Å²) in [5.41, 5.74) is 0. The van der Waals surface area contributed by atoms with Crippen LogP contribution in [0.5, 0.6) is 0 Å². The average molecular weight is 314 g/mol. The number of sulfonamides is 1. The molecule has 21 heavy (non-hydrogen) atoms. The van der Waals surface area contributed by atoms with Gasteiger partial charge in [-0.3, -0.25) is 0 Å². The van der Waals surface area contributed by atoms with E-state index in [2.05, 4.69) is 20.0 Å². The molecule has 0 amide bonds. The van der Waals surface area contributed by atoms with E-state index >= 15 is 0 Å². The van der Waals surface area contributed by atoms with Crippen LogP contribution in [0.4, 0.5) is 5.95 Å². The van der Waals surface area contributed by atoms with Gasteiger partial charge in [0.15, 0.2) is 0 Å². The molecule has 0 aliphatic heterocycles. The van der Waals surface area contributed by atoms with Crippen LogP contribution in [0.3, 0.4) is 0 Å². The van der Waals surface area contributed by atoms with Gasteiger partial charge in [0.25, 0.3) is 0 Å². The van der Waals surface area contributed by atoms with Crippen molar-refractivity contribution in [3.63, 3.8) is 0 Å². The number of nitrogens with one attached hydrogen (secondary N) is 2. The summed E-state index contributed by atoms with van der Waals surface area (Å²) in [7, 11) is -3.57. The smallest absolute Gasteiger partial charge is 0.243 e. The molecule has 0 spiro atoms. The SMILES string of the molecule is CCNc1ncc(S(=O)(=O)NCCOC2CCCC2)cn1. The topological polar surface area (TPSA) is 93.2 Å². The van der Waals surface area contributed by atoms with Crippen molar-refractivity contribution >= 4 is 16.0 Å². The second kappa shape index (κ2) is 7.67. The predicted octanol–water partition coefficient (Wildman–Crippen LogP) is 1.15. The van der Waals surface area contributed by atoms with Crippen molar-refractivity contribution in [1.82, 2.24) is 14.7 Å². The Bertz CT molecular complexity index is 527. The summed E-state index contributed by atoms with van der Waals surface area (Å²) in [4.78, 5) is 7.97. The second-order valence-electron chi connectivity index (χ2n) is 4.95. The van der Waals surface area contributed by atoms with Crippen LogP contribution in [0.2, 0.25) is 0 Å². The number of aromatic nitrogens is 2. The Morgan fingerprint density at radius 1 is 1.29 bits per heavy atom. The van der Waals surface area contributed by atoms with Crippen LogP contribution < -0.4 is 10.0 Å². The molecule has 0 radical (unpaired) electrons. The van der Waals surface area contributed by atoms with Crippen LogP contribution in [0.25, 0.3) is 0 Å². The van der Waals surface area contributed by atoms with Crippen molar-refractivity contribution in [3.8, 4) is 0 Å². The largest absolute Gasteiger partial charge is 0.377 e. The average Bonchev–Trinajstić information content (AvgIpc) is 2.98. The fourth-order valence-corrected chi connectivity index (χ4v) is 3.15. The first-order chi connectivity index (χ1) is 10.1. The highest BCUT2D eigenvalue weighted by atomic mass is 32.2. The van der Waals surface area contributed by atoms with Crippen LogP contribution in [-0.2, 0) is 14.8 Å². The number of hydrogen-bond acceptors (Lipinski definition) is 6. The van der Waals surface area contributed by atoms with Gasteiger partial charge in [0, 0.05) is 13.1 Å². The summed E-state index contributed by atoms with van der Waals surface area (Å²) in [6, 6.07) is 0. The van der Waals surface area contributed by atoms with Crippen molar-refractivity contribution in [2.24, 2.45) is 0 Å². The van der Waals surface area contributed by atoms with Crippen LogP contribution >= 0.6 is 0 Å². The summed E-state index contributed by atoms with van der Waals surface area (Å²) in [5.74, 6) is 0.418. The molecule has 118 valence electrons. The van der Waals surface area contributed by atoms with E-state index in [1.54, 1.807) is 0 Å². The van der Waals surface area contributed by atoms with E-state index in [0.717, 1.165) is 12.8 Å². The maximum absolute atomic E-state index is 12.0. The van der Waals surface area contributed by atoms with E-state index in [1.165, 1.54) is 25.2 Å². The molecular formula is C13H22N4O3S. The molecule has 0 unspecified atom stereocenters. The molecule has 1 heterocycles. The lowest BCUT2D eigenvalue weighted by Gasteiger charge is -2.11. The summed E-state index contributed by atoms with van der Waals surface area (Å²) in [5, 5.41) is 2.91. The summed E-state index contributed by atoms with van der Waals surface area (Å²) >= 11 is 0. The van der Waals surface area contributed by atoms with E-state index in [1.807, 2.05) is 6.92 Å². The molecule has 1 aliphatic carbocycles. The van der Waals surface area contributed by atoms with Gasteiger partial charge in [0.2, 0.25) is 16.0 Å². The first-order valence-corrected chi connectivity index (χ1v) is 8.77. The number of ether oxygens (including phenoxy) is 1. The number of rotatable bonds is 8. The second-order valence-corrected chi connectivity index (χ2v) is 6.71. The summed E-state index contributed by atoms with van der Waals surface area (Å²) < 4.78 is 32.2. The molecule has 8 heteroatoms. The zero-order valence-corrected chi connectivity index (χ0v) is 13.0. The highest BCUT2D eigenvalue weighted by Gasteiger charge is 2.17. The van der Waals surface area contributed by atoms with E-state index in [0.29, 0.717) is 19.1 Å². The Hall–Kier alpha value is -1.25. The van der Waals surface area contributed by atoms with E-state index in [4.69, 9.17) is 4.74 Å². The molecule has 7 nitrogen and oxygen atoms in total. The predicted molar refractivity (Wildman–Crippen MR) is 79.6 cm³/mol. The van der Waals surface area contributed by atoms with Crippen molar-refractivity contribution in [2.45, 2.75) is 43.6 Å². The molecule has 0 aromatic carbocycles. The van der Waals surface area contributed by atoms with Crippen molar-refractivity contribution in [1.29, 1.82) is 0 Å². The van der Waals surface area contributed by atoms with Gasteiger partial charge in [-0.05, 0) is 19.8 Å². The summed E-state index contributed by atoms with van der Waals surface area (Å²) in [6.07, 6.45) is 7.43. The van der Waals surface area contributed by atoms with E-state index < -0.39 is 10.0 Å². The van der Waals surface area contributed by atoms with Crippen LogP contribution in [0.1, 0.15) is 32.6 Å². The minimum absolute atomic E-state index is 0.0602. The first kappa shape index (κ1) is 16.1. The zero-order chi connectivity index (χ0) is 15.1. The van der Waals surface area contributed by atoms with Gasteiger partial charge in [0.1, 0.15) is 4.90 Å². The molecule has 1 fully saturated rings. The normalized spacial score (nSPS) is 16.2. The molecule has 1 aliphatic rings. The molecule has 0 atom stereocenters. The third-order valence-electron chi connectivity index (χ3n) is 3.32. The molecule has 2 N–H and O–H groups in total. The number of anilines is 1. The Labute approximate surface area is 125 Å². The Morgan fingerprint density at radius 3 is 2.57 bits per heavy atom. The van der Waals surface area contributed by atoms with Gasteiger partial charge in [0.05, 0.1) is 25.1 Å². The quantitative estimate of drug-likeness (QED) is 0.699. The standard InChI is InChI=1S/C13H22N4O3S/c1-2-14-13-15-9-12(10-16-13)21(18,19)17-7-8-20-11-5-3-4-6-11/h9-11,17H,2-8H2,1H3,(H,14,15,16). The van der Waals surface area contributed by atoms with Crippen LogP contribution in [-0.4, -0.2) is 44.2 Å². The first-order valence-electron chi connectivity index (χ1n) is 7.29. The highest BCUT2D eigenvalue weighted by molar-refractivity contribution is 7.89. The molecule has 1 aromatic heterocycles. The molecule has 1 aromatic rings. The van der Waals surface area contributed by atoms with E-state index in [-0.39, 0.29) is 17.5 Å². The molecule has 0 saturated heterocycles. The molecule has 2 rings (SSSR count). The Morgan fingerprint density at radius 2 is 1.95 bits per heavy atom.